The minimum atomic E-state index is -0.0822. The Kier molecular flexibility index (Phi) is 4.90. The molecule has 0 amide bonds. The van der Waals surface area contributed by atoms with Gasteiger partial charge in [0.25, 0.3) is 0 Å². The maximum absolute atomic E-state index is 5.97. The molecule has 1 atom stereocenters. The van der Waals surface area contributed by atoms with Crippen molar-refractivity contribution < 1.29 is 0 Å². The number of anilines is 1. The van der Waals surface area contributed by atoms with Gasteiger partial charge in [-0.05, 0) is 50.5 Å². The van der Waals surface area contributed by atoms with Gasteiger partial charge in [-0.15, -0.1) is 0 Å². The first kappa shape index (κ1) is 14.4. The highest BCUT2D eigenvalue weighted by atomic mass is 79.9. The lowest BCUT2D eigenvalue weighted by atomic mass is 10.0. The number of hydrogen-bond acceptors (Lipinski definition) is 4. The van der Waals surface area contributed by atoms with Gasteiger partial charge in [0, 0.05) is 26.9 Å². The van der Waals surface area contributed by atoms with Gasteiger partial charge >= 0.3 is 0 Å². The maximum Gasteiger partial charge on any atom is 0.128 e. The molecule has 2 heterocycles. The van der Waals surface area contributed by atoms with E-state index >= 15 is 0 Å². The Morgan fingerprint density at radius 3 is 2.79 bits per heavy atom. The summed E-state index contributed by atoms with van der Waals surface area (Å²) in [6.45, 7) is 2.86. The van der Waals surface area contributed by atoms with E-state index in [1.807, 2.05) is 25.1 Å². The minimum Gasteiger partial charge on any atom is -0.383 e. The molecule has 0 radical (unpaired) electrons. The Morgan fingerprint density at radius 1 is 1.37 bits per heavy atom. The summed E-state index contributed by atoms with van der Waals surface area (Å²) in [5, 5.41) is 3.39. The summed E-state index contributed by atoms with van der Waals surface area (Å²) in [5.41, 5.74) is 7.79. The number of pyridine rings is 2. The molecule has 3 N–H and O–H groups in total. The molecule has 0 fully saturated rings. The van der Waals surface area contributed by atoms with Gasteiger partial charge in [0.1, 0.15) is 5.82 Å². The van der Waals surface area contributed by atoms with E-state index in [0.29, 0.717) is 5.82 Å². The maximum atomic E-state index is 5.97. The van der Waals surface area contributed by atoms with E-state index in [1.165, 1.54) is 0 Å². The second-order valence-electron chi connectivity index (χ2n) is 3.99. The second kappa shape index (κ2) is 6.45. The van der Waals surface area contributed by atoms with Crippen LogP contribution in [0.25, 0.3) is 0 Å². The highest BCUT2D eigenvalue weighted by Gasteiger charge is 2.20. The smallest absolute Gasteiger partial charge is 0.128 e. The van der Waals surface area contributed by atoms with Gasteiger partial charge in [-0.1, -0.05) is 13.0 Å². The summed E-state index contributed by atoms with van der Waals surface area (Å²) >= 11 is 6.95. The van der Waals surface area contributed by atoms with Gasteiger partial charge < -0.3 is 11.1 Å². The average molecular weight is 386 g/mol. The zero-order chi connectivity index (χ0) is 13.8. The number of nitrogen functional groups attached to an aromatic ring is 1. The van der Waals surface area contributed by atoms with Crippen molar-refractivity contribution in [2.75, 3.05) is 12.3 Å². The van der Waals surface area contributed by atoms with Crippen LogP contribution in [0.5, 0.6) is 0 Å². The normalized spacial score (nSPS) is 12.4. The first-order valence-corrected chi connectivity index (χ1v) is 7.46. The van der Waals surface area contributed by atoms with Gasteiger partial charge in [-0.3, -0.25) is 4.98 Å². The number of rotatable bonds is 4. The van der Waals surface area contributed by atoms with E-state index in [1.54, 1.807) is 12.4 Å². The van der Waals surface area contributed by atoms with Gasteiger partial charge in [0.2, 0.25) is 0 Å². The third kappa shape index (κ3) is 3.32. The largest absolute Gasteiger partial charge is 0.383 e. The molecule has 0 aliphatic rings. The molecule has 0 aliphatic carbocycles. The first-order valence-electron chi connectivity index (χ1n) is 5.88. The standard InChI is InChI=1S/C13H14Br2N4/c1-2-17-11(9-4-3-5-18-13(9)16)12-10(15)6-8(14)7-19-12/h3-7,11,17H,2H2,1H3,(H2,16,18). The van der Waals surface area contributed by atoms with Crippen LogP contribution in [0.2, 0.25) is 0 Å². The van der Waals surface area contributed by atoms with E-state index < -0.39 is 0 Å². The fraction of sp³-hybridized carbons (Fsp3) is 0.231. The van der Waals surface area contributed by atoms with Crippen LogP contribution >= 0.6 is 31.9 Å². The fourth-order valence-corrected chi connectivity index (χ4v) is 3.09. The van der Waals surface area contributed by atoms with Crippen LogP contribution in [0.1, 0.15) is 24.2 Å². The third-order valence-corrected chi connectivity index (χ3v) is 3.77. The molecule has 19 heavy (non-hydrogen) atoms. The Labute approximate surface area is 129 Å². The van der Waals surface area contributed by atoms with Crippen molar-refractivity contribution in [2.24, 2.45) is 0 Å². The Bertz CT molecular complexity index is 574. The lowest BCUT2D eigenvalue weighted by Gasteiger charge is -2.20. The molecule has 0 spiro atoms. The van der Waals surface area contributed by atoms with Crippen LogP contribution in [0.15, 0.2) is 39.5 Å². The van der Waals surface area contributed by atoms with E-state index in [9.17, 15) is 0 Å². The van der Waals surface area contributed by atoms with Crippen LogP contribution in [-0.2, 0) is 0 Å². The fourth-order valence-electron chi connectivity index (χ4n) is 1.87. The van der Waals surface area contributed by atoms with E-state index in [4.69, 9.17) is 5.73 Å². The minimum absolute atomic E-state index is 0.0822. The van der Waals surface area contributed by atoms with E-state index in [2.05, 4.69) is 47.1 Å². The summed E-state index contributed by atoms with van der Waals surface area (Å²) in [6, 6.07) is 5.73. The monoisotopic (exact) mass is 384 g/mol. The van der Waals surface area contributed by atoms with Gasteiger partial charge in [-0.25, -0.2) is 4.98 Å². The Morgan fingerprint density at radius 2 is 2.16 bits per heavy atom. The van der Waals surface area contributed by atoms with Crippen molar-refractivity contribution in [1.29, 1.82) is 0 Å². The molecule has 2 aromatic heterocycles. The Hall–Kier alpha value is -0.980. The van der Waals surface area contributed by atoms with Crippen LogP contribution < -0.4 is 11.1 Å². The van der Waals surface area contributed by atoms with Crippen molar-refractivity contribution >= 4 is 37.7 Å². The Balaban J connectivity index is 2.48. The summed E-state index contributed by atoms with van der Waals surface area (Å²) in [7, 11) is 0. The molecule has 0 saturated heterocycles. The highest BCUT2D eigenvalue weighted by molar-refractivity contribution is 9.11. The zero-order valence-corrected chi connectivity index (χ0v) is 13.6. The number of nitrogens with two attached hydrogens (primary N) is 1. The number of nitrogens with zero attached hydrogens (tertiary/aromatic N) is 2. The number of halogens is 2. The lowest BCUT2D eigenvalue weighted by Crippen LogP contribution is -2.24. The molecular weight excluding hydrogens is 372 g/mol. The highest BCUT2D eigenvalue weighted by Crippen LogP contribution is 2.30. The summed E-state index contributed by atoms with van der Waals surface area (Å²) in [4.78, 5) is 8.62. The SMILES string of the molecule is CCNC(c1cccnc1N)c1ncc(Br)cc1Br. The van der Waals surface area contributed by atoms with E-state index in [0.717, 1.165) is 26.7 Å². The lowest BCUT2D eigenvalue weighted by molar-refractivity contribution is 0.612. The molecule has 1 unspecified atom stereocenters. The molecule has 0 saturated carbocycles. The van der Waals surface area contributed by atoms with Crippen LogP contribution in [0, 0.1) is 0 Å². The number of aromatic nitrogens is 2. The van der Waals surface area contributed by atoms with Crippen LogP contribution in [0.3, 0.4) is 0 Å². The molecule has 2 rings (SSSR count). The first-order chi connectivity index (χ1) is 9.13. The van der Waals surface area contributed by atoms with Crippen LogP contribution in [0.4, 0.5) is 5.82 Å². The summed E-state index contributed by atoms with van der Waals surface area (Å²) in [6.07, 6.45) is 3.46. The topological polar surface area (TPSA) is 63.8 Å². The van der Waals surface area contributed by atoms with Crippen molar-refractivity contribution in [2.45, 2.75) is 13.0 Å². The molecule has 0 aromatic carbocycles. The second-order valence-corrected chi connectivity index (χ2v) is 5.76. The van der Waals surface area contributed by atoms with Crippen LogP contribution in [-0.4, -0.2) is 16.5 Å². The molecule has 2 aromatic rings. The number of hydrogen-bond donors (Lipinski definition) is 2. The average Bonchev–Trinajstić information content (AvgIpc) is 2.38. The zero-order valence-electron chi connectivity index (χ0n) is 10.4. The predicted molar refractivity (Wildman–Crippen MR) is 83.8 cm³/mol. The van der Waals surface area contributed by atoms with Crippen molar-refractivity contribution in [3.8, 4) is 0 Å². The van der Waals surface area contributed by atoms with Crippen molar-refractivity contribution in [3.05, 3.63) is 50.8 Å². The third-order valence-electron chi connectivity index (χ3n) is 2.70. The molecule has 6 heteroatoms. The molecular formula is C13H14Br2N4. The van der Waals surface area contributed by atoms with Gasteiger partial charge in [0.05, 0.1) is 11.7 Å². The van der Waals surface area contributed by atoms with E-state index in [-0.39, 0.29) is 6.04 Å². The predicted octanol–water partition coefficient (Wildman–Crippen LogP) is 3.28. The summed E-state index contributed by atoms with van der Waals surface area (Å²) < 4.78 is 1.86. The quantitative estimate of drug-likeness (QED) is 0.847. The van der Waals surface area contributed by atoms with Crippen molar-refractivity contribution in [3.63, 3.8) is 0 Å². The van der Waals surface area contributed by atoms with Gasteiger partial charge in [0.15, 0.2) is 0 Å². The summed E-state index contributed by atoms with van der Waals surface area (Å²) in [5.74, 6) is 0.519. The molecule has 0 aliphatic heterocycles. The molecule has 0 bridgehead atoms. The van der Waals surface area contributed by atoms with Gasteiger partial charge in [-0.2, -0.15) is 0 Å². The van der Waals surface area contributed by atoms with Crippen molar-refractivity contribution in [1.82, 2.24) is 15.3 Å². The molecule has 100 valence electrons. The molecule has 4 nitrogen and oxygen atoms in total. The number of nitrogens with one attached hydrogen (secondary N) is 1.